The highest BCUT2D eigenvalue weighted by Crippen LogP contribution is 2.25. The Kier molecular flexibility index (Phi) is 7.21. The normalized spacial score (nSPS) is 24.8. The molecule has 1 N–H and O–H groups in total. The lowest BCUT2D eigenvalue weighted by Gasteiger charge is -2.35. The lowest BCUT2D eigenvalue weighted by Crippen LogP contribution is -2.49. The van der Waals surface area contributed by atoms with Crippen LogP contribution in [0.15, 0.2) is 18.3 Å². The number of likely N-dealkylation sites (tertiary alicyclic amines) is 1. The van der Waals surface area contributed by atoms with Gasteiger partial charge in [-0.25, -0.2) is 9.78 Å². The molecule has 0 aromatic carbocycles. The minimum absolute atomic E-state index is 0.0489. The Morgan fingerprint density at radius 2 is 1.87 bits per heavy atom. The minimum Gasteiger partial charge on any atom is -0.474 e. The summed E-state index contributed by atoms with van der Waals surface area (Å²) in [6, 6.07) is 4.07. The van der Waals surface area contributed by atoms with Crippen LogP contribution in [-0.2, 0) is 9.53 Å². The Hall–Kier alpha value is -2.31. The molecule has 0 spiro atoms. The molecule has 2 aliphatic rings. The molecule has 1 unspecified atom stereocenters. The fourth-order valence-corrected chi connectivity index (χ4v) is 4.02. The number of nitrogens with zero attached hydrogens (tertiary/aromatic N) is 2. The lowest BCUT2D eigenvalue weighted by molar-refractivity contribution is -0.127. The van der Waals surface area contributed by atoms with Crippen molar-refractivity contribution < 1.29 is 19.1 Å². The van der Waals surface area contributed by atoms with Crippen LogP contribution >= 0.6 is 0 Å². The molecule has 2 amide bonds. The van der Waals surface area contributed by atoms with E-state index in [2.05, 4.69) is 10.3 Å². The van der Waals surface area contributed by atoms with Gasteiger partial charge < -0.3 is 19.7 Å². The van der Waals surface area contributed by atoms with Gasteiger partial charge in [0.2, 0.25) is 11.8 Å². The van der Waals surface area contributed by atoms with Gasteiger partial charge in [-0.2, -0.15) is 0 Å². The Balaban J connectivity index is 1.42. The zero-order valence-corrected chi connectivity index (χ0v) is 18.6. The average Bonchev–Trinajstić information content (AvgIpc) is 2.70. The van der Waals surface area contributed by atoms with E-state index in [1.54, 1.807) is 4.90 Å². The van der Waals surface area contributed by atoms with Gasteiger partial charge in [0.15, 0.2) is 0 Å². The fraction of sp³-hybridized carbons (Fsp3) is 0.696. The molecule has 30 heavy (non-hydrogen) atoms. The van der Waals surface area contributed by atoms with Crippen molar-refractivity contribution in [1.82, 2.24) is 15.2 Å². The molecule has 3 rings (SSSR count). The number of ether oxygens (including phenoxy) is 2. The summed E-state index contributed by atoms with van der Waals surface area (Å²) >= 11 is 0. The summed E-state index contributed by atoms with van der Waals surface area (Å²) in [4.78, 5) is 31.1. The highest BCUT2D eigenvalue weighted by atomic mass is 16.6. The van der Waals surface area contributed by atoms with Gasteiger partial charge in [-0.05, 0) is 71.8 Å². The van der Waals surface area contributed by atoms with Crippen molar-refractivity contribution in [1.29, 1.82) is 0 Å². The fourth-order valence-electron chi connectivity index (χ4n) is 4.02. The van der Waals surface area contributed by atoms with E-state index in [1.165, 1.54) is 0 Å². The highest BCUT2D eigenvalue weighted by Gasteiger charge is 2.32. The van der Waals surface area contributed by atoms with E-state index in [9.17, 15) is 9.59 Å². The Labute approximate surface area is 179 Å². The zero-order valence-electron chi connectivity index (χ0n) is 18.6. The molecule has 1 aliphatic heterocycles. The molecule has 2 heterocycles. The third-order valence-corrected chi connectivity index (χ3v) is 5.64. The third-order valence-electron chi connectivity index (χ3n) is 5.64. The van der Waals surface area contributed by atoms with E-state index in [0.29, 0.717) is 19.0 Å². The molecule has 2 fully saturated rings. The molecule has 1 saturated carbocycles. The van der Waals surface area contributed by atoms with Crippen LogP contribution in [0.3, 0.4) is 0 Å². The molecular formula is C23H35N3O4. The first kappa shape index (κ1) is 22.4. The molecule has 7 heteroatoms. The first-order valence-electron chi connectivity index (χ1n) is 11.1. The quantitative estimate of drug-likeness (QED) is 0.805. The molecular weight excluding hydrogens is 382 g/mol. The zero-order chi connectivity index (χ0) is 21.7. The van der Waals surface area contributed by atoms with Crippen molar-refractivity contribution in [3.8, 4) is 5.88 Å². The monoisotopic (exact) mass is 417 g/mol. The van der Waals surface area contributed by atoms with E-state index in [-0.39, 0.29) is 30.1 Å². The molecule has 7 nitrogen and oxygen atoms in total. The molecule has 1 aliphatic carbocycles. The van der Waals surface area contributed by atoms with Crippen LogP contribution in [0.2, 0.25) is 0 Å². The van der Waals surface area contributed by atoms with E-state index >= 15 is 0 Å². The summed E-state index contributed by atoms with van der Waals surface area (Å²) in [6.07, 6.45) is 6.84. The molecule has 0 radical (unpaired) electrons. The van der Waals surface area contributed by atoms with Gasteiger partial charge in [0.1, 0.15) is 11.7 Å². The smallest absolute Gasteiger partial charge is 0.410 e. The van der Waals surface area contributed by atoms with Crippen molar-refractivity contribution in [2.24, 2.45) is 5.92 Å². The summed E-state index contributed by atoms with van der Waals surface area (Å²) in [5.41, 5.74) is 0.586. The van der Waals surface area contributed by atoms with Crippen molar-refractivity contribution in [3.05, 3.63) is 23.9 Å². The highest BCUT2D eigenvalue weighted by molar-refractivity contribution is 5.80. The molecule has 1 aromatic rings. The van der Waals surface area contributed by atoms with Gasteiger partial charge in [-0.3, -0.25) is 4.79 Å². The first-order valence-corrected chi connectivity index (χ1v) is 11.1. The van der Waals surface area contributed by atoms with Crippen LogP contribution in [0.25, 0.3) is 0 Å². The molecule has 0 bridgehead atoms. The number of carbonyl (C=O) groups is 2. The van der Waals surface area contributed by atoms with Crippen LogP contribution in [0.1, 0.15) is 64.9 Å². The number of pyridine rings is 1. The van der Waals surface area contributed by atoms with Crippen molar-refractivity contribution >= 4 is 12.0 Å². The largest absolute Gasteiger partial charge is 0.474 e. The number of piperidine rings is 1. The second-order valence-electron chi connectivity index (χ2n) is 9.54. The van der Waals surface area contributed by atoms with Gasteiger partial charge in [-0.15, -0.1) is 0 Å². The lowest BCUT2D eigenvalue weighted by atomic mass is 9.91. The Morgan fingerprint density at radius 1 is 1.13 bits per heavy atom. The standard InChI is InChI=1S/C23H35N3O4/c1-16-7-12-20(24-14-16)29-19-10-8-18(9-11-19)25-21(27)17-6-5-13-26(15-17)22(28)30-23(2,3)4/h7,12,14,17-19H,5-6,8-11,13,15H2,1-4H3,(H,25,27). The average molecular weight is 418 g/mol. The maximum absolute atomic E-state index is 12.8. The van der Waals surface area contributed by atoms with Crippen LogP contribution in [0.4, 0.5) is 4.79 Å². The van der Waals surface area contributed by atoms with Gasteiger partial charge in [0.25, 0.3) is 0 Å². The third kappa shape index (κ3) is 6.61. The number of amides is 2. The summed E-state index contributed by atoms with van der Waals surface area (Å²) in [6.45, 7) is 8.64. The summed E-state index contributed by atoms with van der Waals surface area (Å²) in [7, 11) is 0. The number of carbonyl (C=O) groups excluding carboxylic acids is 2. The number of hydrogen-bond donors (Lipinski definition) is 1. The van der Waals surface area contributed by atoms with Gasteiger partial charge in [0.05, 0.1) is 5.92 Å². The van der Waals surface area contributed by atoms with Crippen LogP contribution in [0, 0.1) is 12.8 Å². The topological polar surface area (TPSA) is 80.8 Å². The predicted molar refractivity (Wildman–Crippen MR) is 114 cm³/mol. The van der Waals surface area contributed by atoms with Crippen molar-refractivity contribution in [2.45, 2.75) is 84.0 Å². The molecule has 1 saturated heterocycles. The molecule has 166 valence electrons. The number of hydrogen-bond acceptors (Lipinski definition) is 5. The van der Waals surface area contributed by atoms with E-state index in [0.717, 1.165) is 44.1 Å². The van der Waals surface area contributed by atoms with Gasteiger partial charge in [0, 0.05) is 31.4 Å². The van der Waals surface area contributed by atoms with Gasteiger partial charge >= 0.3 is 6.09 Å². The van der Waals surface area contributed by atoms with Gasteiger partial charge in [-0.1, -0.05) is 6.07 Å². The van der Waals surface area contributed by atoms with Crippen molar-refractivity contribution in [3.63, 3.8) is 0 Å². The SMILES string of the molecule is Cc1ccc(OC2CCC(NC(=O)C3CCCN(C(=O)OC(C)(C)C)C3)CC2)nc1. The minimum atomic E-state index is -0.527. The summed E-state index contributed by atoms with van der Waals surface area (Å²) < 4.78 is 11.4. The summed E-state index contributed by atoms with van der Waals surface area (Å²) in [5, 5.41) is 3.20. The summed E-state index contributed by atoms with van der Waals surface area (Å²) in [5.74, 6) is 0.544. The molecule has 1 atom stereocenters. The van der Waals surface area contributed by atoms with Crippen LogP contribution in [0.5, 0.6) is 5.88 Å². The molecule has 1 aromatic heterocycles. The number of aromatic nitrogens is 1. The first-order chi connectivity index (χ1) is 14.2. The second kappa shape index (κ2) is 9.67. The second-order valence-corrected chi connectivity index (χ2v) is 9.54. The number of nitrogens with one attached hydrogen (secondary N) is 1. The van der Waals surface area contributed by atoms with E-state index < -0.39 is 5.60 Å². The van der Waals surface area contributed by atoms with E-state index in [1.807, 2.05) is 46.0 Å². The number of aryl methyl sites for hydroxylation is 1. The maximum atomic E-state index is 12.8. The van der Waals surface area contributed by atoms with Crippen molar-refractivity contribution in [2.75, 3.05) is 13.1 Å². The van der Waals surface area contributed by atoms with Crippen LogP contribution < -0.4 is 10.1 Å². The number of rotatable bonds is 4. The predicted octanol–water partition coefficient (Wildman–Crippen LogP) is 3.84. The Bertz CT molecular complexity index is 721. The van der Waals surface area contributed by atoms with E-state index in [4.69, 9.17) is 9.47 Å². The Morgan fingerprint density at radius 3 is 2.50 bits per heavy atom. The van der Waals surface area contributed by atoms with Crippen LogP contribution in [-0.4, -0.2) is 52.7 Å². The maximum Gasteiger partial charge on any atom is 0.410 e.